The van der Waals surface area contributed by atoms with Crippen LogP contribution in [-0.2, 0) is 6.54 Å². The summed E-state index contributed by atoms with van der Waals surface area (Å²) < 4.78 is 11.2. The van der Waals surface area contributed by atoms with E-state index in [1.54, 1.807) is 7.11 Å². The molecule has 0 spiro atoms. The molecule has 2 heterocycles. The normalized spacial score (nSPS) is 19.0. The molecule has 0 saturated carbocycles. The summed E-state index contributed by atoms with van der Waals surface area (Å²) in [5, 5.41) is 0. The summed E-state index contributed by atoms with van der Waals surface area (Å²) in [5.74, 6) is 2.51. The first-order valence-electron chi connectivity index (χ1n) is 8.44. The van der Waals surface area contributed by atoms with Crippen LogP contribution in [0.2, 0.25) is 0 Å². The molecule has 1 unspecified atom stereocenters. The summed E-state index contributed by atoms with van der Waals surface area (Å²) in [6.45, 7) is 8.39. The lowest BCUT2D eigenvalue weighted by Crippen LogP contribution is -2.37. The molecule has 1 atom stereocenters. The van der Waals surface area contributed by atoms with Gasteiger partial charge in [0.2, 0.25) is 5.89 Å². The van der Waals surface area contributed by atoms with Crippen LogP contribution in [-0.4, -0.2) is 29.6 Å². The summed E-state index contributed by atoms with van der Waals surface area (Å²) in [6, 6.07) is 6.67. The Bertz CT molecular complexity index is 678. The van der Waals surface area contributed by atoms with Gasteiger partial charge in [0.25, 0.3) is 0 Å². The van der Waals surface area contributed by atoms with Gasteiger partial charge < -0.3 is 9.15 Å². The topological polar surface area (TPSA) is 38.5 Å². The molecule has 124 valence electrons. The third-order valence-corrected chi connectivity index (χ3v) is 4.83. The predicted molar refractivity (Wildman–Crippen MR) is 91.7 cm³/mol. The van der Waals surface area contributed by atoms with Gasteiger partial charge >= 0.3 is 0 Å². The van der Waals surface area contributed by atoms with E-state index in [9.17, 15) is 0 Å². The Labute approximate surface area is 138 Å². The number of likely N-dealkylation sites (tertiary alicyclic amines) is 1. The molecule has 2 aromatic rings. The van der Waals surface area contributed by atoms with Crippen molar-refractivity contribution in [2.24, 2.45) is 0 Å². The number of benzene rings is 1. The van der Waals surface area contributed by atoms with E-state index in [1.807, 2.05) is 26.0 Å². The Kier molecular flexibility index (Phi) is 4.71. The van der Waals surface area contributed by atoms with E-state index in [0.717, 1.165) is 41.4 Å². The Balaban J connectivity index is 1.81. The lowest BCUT2D eigenvalue weighted by Gasteiger charge is -2.32. The number of ether oxygens (including phenoxy) is 1. The van der Waals surface area contributed by atoms with Gasteiger partial charge in [-0.25, -0.2) is 4.98 Å². The molecule has 1 aliphatic rings. The highest BCUT2D eigenvalue weighted by Gasteiger charge is 2.21. The SMILES string of the molecule is COc1ccc(-c2nc(CN3CCCCC3C)c(C)o2)cc1C. The van der Waals surface area contributed by atoms with E-state index in [0.29, 0.717) is 11.9 Å². The number of oxazole rings is 1. The van der Waals surface area contributed by atoms with E-state index in [-0.39, 0.29) is 0 Å². The Morgan fingerprint density at radius 2 is 2.13 bits per heavy atom. The van der Waals surface area contributed by atoms with Crippen molar-refractivity contribution in [3.63, 3.8) is 0 Å². The number of aryl methyl sites for hydroxylation is 2. The second-order valence-electron chi connectivity index (χ2n) is 6.52. The van der Waals surface area contributed by atoms with E-state index < -0.39 is 0 Å². The zero-order valence-corrected chi connectivity index (χ0v) is 14.6. The second-order valence-corrected chi connectivity index (χ2v) is 6.52. The van der Waals surface area contributed by atoms with Gasteiger partial charge in [-0.3, -0.25) is 4.90 Å². The number of piperidine rings is 1. The van der Waals surface area contributed by atoms with Crippen molar-refractivity contribution in [2.75, 3.05) is 13.7 Å². The van der Waals surface area contributed by atoms with Crippen LogP contribution in [0.25, 0.3) is 11.5 Å². The molecule has 1 aromatic heterocycles. The molecule has 23 heavy (non-hydrogen) atoms. The Morgan fingerprint density at radius 3 is 2.83 bits per heavy atom. The molecule has 1 fully saturated rings. The predicted octanol–water partition coefficient (Wildman–Crippen LogP) is 4.34. The summed E-state index contributed by atoms with van der Waals surface area (Å²) in [6.07, 6.45) is 3.90. The van der Waals surface area contributed by atoms with Gasteiger partial charge in [0.1, 0.15) is 11.5 Å². The van der Waals surface area contributed by atoms with Gasteiger partial charge in [0, 0.05) is 18.2 Å². The van der Waals surface area contributed by atoms with Crippen molar-refractivity contribution in [1.29, 1.82) is 0 Å². The largest absolute Gasteiger partial charge is 0.496 e. The smallest absolute Gasteiger partial charge is 0.226 e. The van der Waals surface area contributed by atoms with Gasteiger partial charge in [-0.15, -0.1) is 0 Å². The van der Waals surface area contributed by atoms with Crippen molar-refractivity contribution < 1.29 is 9.15 Å². The minimum Gasteiger partial charge on any atom is -0.496 e. The van der Waals surface area contributed by atoms with Crippen LogP contribution in [0.3, 0.4) is 0 Å². The van der Waals surface area contributed by atoms with Crippen LogP contribution in [0.1, 0.15) is 43.2 Å². The summed E-state index contributed by atoms with van der Waals surface area (Å²) in [5.41, 5.74) is 3.15. The molecule has 0 N–H and O–H groups in total. The van der Waals surface area contributed by atoms with Crippen LogP contribution in [0, 0.1) is 13.8 Å². The van der Waals surface area contributed by atoms with E-state index in [2.05, 4.69) is 17.9 Å². The van der Waals surface area contributed by atoms with Gasteiger partial charge in [0.05, 0.1) is 12.8 Å². The molecule has 1 aliphatic heterocycles. The first-order valence-corrected chi connectivity index (χ1v) is 8.44. The van der Waals surface area contributed by atoms with Crippen LogP contribution in [0.4, 0.5) is 0 Å². The fourth-order valence-corrected chi connectivity index (χ4v) is 3.29. The molecule has 0 aliphatic carbocycles. The molecule has 0 bridgehead atoms. The van der Waals surface area contributed by atoms with Gasteiger partial charge in [-0.2, -0.15) is 0 Å². The Hall–Kier alpha value is -1.81. The quantitative estimate of drug-likeness (QED) is 0.841. The van der Waals surface area contributed by atoms with Gasteiger partial charge in [-0.1, -0.05) is 6.42 Å². The van der Waals surface area contributed by atoms with Gasteiger partial charge in [0.15, 0.2) is 0 Å². The molecule has 0 radical (unpaired) electrons. The lowest BCUT2D eigenvalue weighted by molar-refractivity contribution is 0.150. The maximum Gasteiger partial charge on any atom is 0.226 e. The van der Waals surface area contributed by atoms with Crippen molar-refractivity contribution >= 4 is 0 Å². The highest BCUT2D eigenvalue weighted by molar-refractivity contribution is 5.57. The molecule has 0 amide bonds. The first kappa shape index (κ1) is 16.1. The minimum absolute atomic E-state index is 0.631. The summed E-state index contributed by atoms with van der Waals surface area (Å²) in [4.78, 5) is 7.27. The third kappa shape index (κ3) is 3.42. The van der Waals surface area contributed by atoms with Crippen LogP contribution in [0.5, 0.6) is 5.75 Å². The summed E-state index contributed by atoms with van der Waals surface area (Å²) >= 11 is 0. The highest BCUT2D eigenvalue weighted by Crippen LogP contribution is 2.28. The van der Waals surface area contributed by atoms with Crippen molar-refractivity contribution in [3.8, 4) is 17.2 Å². The highest BCUT2D eigenvalue weighted by atomic mass is 16.5. The van der Waals surface area contributed by atoms with E-state index in [4.69, 9.17) is 14.1 Å². The molecule has 4 heteroatoms. The monoisotopic (exact) mass is 314 g/mol. The fourth-order valence-electron chi connectivity index (χ4n) is 3.29. The minimum atomic E-state index is 0.631. The van der Waals surface area contributed by atoms with E-state index in [1.165, 1.54) is 19.3 Å². The number of methoxy groups -OCH3 is 1. The lowest BCUT2D eigenvalue weighted by atomic mass is 10.0. The maximum absolute atomic E-state index is 5.93. The number of rotatable bonds is 4. The standard InChI is InChI=1S/C19H26N2O2/c1-13-11-16(8-9-18(13)22-4)19-20-17(15(3)23-19)12-21-10-6-5-7-14(21)2/h8-9,11,14H,5-7,10,12H2,1-4H3. The number of hydrogen-bond donors (Lipinski definition) is 0. The maximum atomic E-state index is 5.93. The molecule has 3 rings (SSSR count). The number of nitrogens with zero attached hydrogens (tertiary/aromatic N) is 2. The van der Waals surface area contributed by atoms with Crippen LogP contribution >= 0.6 is 0 Å². The van der Waals surface area contributed by atoms with Crippen LogP contribution in [0.15, 0.2) is 22.6 Å². The fraction of sp³-hybridized carbons (Fsp3) is 0.526. The van der Waals surface area contributed by atoms with Crippen LogP contribution < -0.4 is 4.74 Å². The molecular weight excluding hydrogens is 288 g/mol. The molecular formula is C19H26N2O2. The average molecular weight is 314 g/mol. The van der Waals surface area contributed by atoms with Gasteiger partial charge in [-0.05, 0) is 63.9 Å². The number of aromatic nitrogens is 1. The molecule has 1 saturated heterocycles. The zero-order chi connectivity index (χ0) is 16.4. The summed E-state index contributed by atoms with van der Waals surface area (Å²) in [7, 11) is 1.69. The number of hydrogen-bond acceptors (Lipinski definition) is 4. The van der Waals surface area contributed by atoms with Crippen molar-refractivity contribution in [2.45, 2.75) is 52.6 Å². The molecule has 1 aromatic carbocycles. The zero-order valence-electron chi connectivity index (χ0n) is 14.6. The van der Waals surface area contributed by atoms with Crippen molar-refractivity contribution in [1.82, 2.24) is 9.88 Å². The van der Waals surface area contributed by atoms with E-state index >= 15 is 0 Å². The first-order chi connectivity index (χ1) is 11.1. The average Bonchev–Trinajstić information content (AvgIpc) is 2.90. The molecule has 4 nitrogen and oxygen atoms in total. The Morgan fingerprint density at radius 1 is 1.30 bits per heavy atom. The second kappa shape index (κ2) is 6.75. The third-order valence-electron chi connectivity index (χ3n) is 4.83. The van der Waals surface area contributed by atoms with Crippen molar-refractivity contribution in [3.05, 3.63) is 35.2 Å².